The summed E-state index contributed by atoms with van der Waals surface area (Å²) in [6.07, 6.45) is 5.40. The third-order valence-electron chi connectivity index (χ3n) is 4.42. The van der Waals surface area contributed by atoms with Crippen LogP contribution in [0.4, 0.5) is 0 Å². The Morgan fingerprint density at radius 3 is 2.90 bits per heavy atom. The highest BCUT2D eigenvalue weighted by atomic mass is 16.5. The molecule has 0 saturated heterocycles. The van der Waals surface area contributed by atoms with Crippen LogP contribution in [-0.2, 0) is 4.74 Å². The van der Waals surface area contributed by atoms with Gasteiger partial charge in [-0.3, -0.25) is 0 Å². The number of hydrogen-bond donors (Lipinski definition) is 1. The predicted octanol–water partition coefficient (Wildman–Crippen LogP) is 4.29. The Kier molecular flexibility index (Phi) is 4.94. The van der Waals surface area contributed by atoms with Crippen molar-refractivity contribution in [1.82, 2.24) is 5.32 Å². The van der Waals surface area contributed by atoms with E-state index in [-0.39, 0.29) is 6.04 Å². The van der Waals surface area contributed by atoms with Gasteiger partial charge in [0.05, 0.1) is 12.6 Å². The van der Waals surface area contributed by atoms with Gasteiger partial charge in [-0.15, -0.1) is 0 Å². The summed E-state index contributed by atoms with van der Waals surface area (Å²) in [5, 5.41) is 4.61. The van der Waals surface area contributed by atoms with Crippen molar-refractivity contribution in [3.05, 3.63) is 36.1 Å². The summed E-state index contributed by atoms with van der Waals surface area (Å²) in [6, 6.07) is 10.4. The van der Waals surface area contributed by atoms with Crippen molar-refractivity contribution in [1.29, 1.82) is 0 Å². The number of para-hydroxylation sites is 1. The van der Waals surface area contributed by atoms with Crippen molar-refractivity contribution in [2.24, 2.45) is 5.92 Å². The first-order chi connectivity index (χ1) is 10.4. The highest BCUT2D eigenvalue weighted by Gasteiger charge is 2.18. The Bertz CT molecular complexity index is 526. The SMILES string of the molecule is CCNC(COCCC1CCC1)c1cc2ccccc2o1. The highest BCUT2D eigenvalue weighted by Crippen LogP contribution is 2.29. The lowest BCUT2D eigenvalue weighted by molar-refractivity contribution is 0.0849. The van der Waals surface area contributed by atoms with Gasteiger partial charge in [-0.25, -0.2) is 0 Å². The van der Waals surface area contributed by atoms with Crippen LogP contribution in [0, 0.1) is 5.92 Å². The summed E-state index contributed by atoms with van der Waals surface area (Å²) in [4.78, 5) is 0. The predicted molar refractivity (Wildman–Crippen MR) is 85.4 cm³/mol. The zero-order valence-corrected chi connectivity index (χ0v) is 12.8. The number of fused-ring (bicyclic) bond motifs is 1. The van der Waals surface area contributed by atoms with Crippen molar-refractivity contribution >= 4 is 11.0 Å². The van der Waals surface area contributed by atoms with Crippen LogP contribution in [0.2, 0.25) is 0 Å². The van der Waals surface area contributed by atoms with Crippen LogP contribution in [0.15, 0.2) is 34.7 Å². The fourth-order valence-corrected chi connectivity index (χ4v) is 2.89. The molecule has 0 aliphatic heterocycles. The molecular weight excluding hydrogens is 262 g/mol. The zero-order chi connectivity index (χ0) is 14.5. The van der Waals surface area contributed by atoms with E-state index >= 15 is 0 Å². The van der Waals surface area contributed by atoms with Crippen molar-refractivity contribution < 1.29 is 9.15 Å². The maximum atomic E-state index is 5.95. The van der Waals surface area contributed by atoms with Crippen LogP contribution in [0.3, 0.4) is 0 Å². The molecule has 1 aliphatic rings. The number of nitrogens with one attached hydrogen (secondary N) is 1. The van der Waals surface area contributed by atoms with Gasteiger partial charge in [0.25, 0.3) is 0 Å². The van der Waals surface area contributed by atoms with Crippen molar-refractivity contribution in [2.75, 3.05) is 19.8 Å². The van der Waals surface area contributed by atoms with Gasteiger partial charge >= 0.3 is 0 Å². The van der Waals surface area contributed by atoms with Crippen molar-refractivity contribution in [2.45, 2.75) is 38.6 Å². The maximum absolute atomic E-state index is 5.95. The molecule has 114 valence electrons. The van der Waals surface area contributed by atoms with Crippen LogP contribution >= 0.6 is 0 Å². The molecular formula is C18H25NO2. The lowest BCUT2D eigenvalue weighted by Crippen LogP contribution is -2.25. The molecule has 1 aliphatic carbocycles. The van der Waals surface area contributed by atoms with E-state index in [0.29, 0.717) is 6.61 Å². The molecule has 1 aromatic heterocycles. The number of likely N-dealkylation sites (N-methyl/N-ethyl adjacent to an activating group) is 1. The zero-order valence-electron chi connectivity index (χ0n) is 12.8. The number of hydrogen-bond acceptors (Lipinski definition) is 3. The fraction of sp³-hybridized carbons (Fsp3) is 0.556. The average molecular weight is 287 g/mol. The van der Waals surface area contributed by atoms with E-state index in [0.717, 1.165) is 35.8 Å². The maximum Gasteiger partial charge on any atom is 0.134 e. The molecule has 3 heteroatoms. The van der Waals surface area contributed by atoms with Gasteiger partial charge < -0.3 is 14.5 Å². The molecule has 3 nitrogen and oxygen atoms in total. The summed E-state index contributed by atoms with van der Waals surface area (Å²) < 4.78 is 11.8. The number of furan rings is 1. The Labute approximate surface area is 126 Å². The van der Waals surface area contributed by atoms with Crippen LogP contribution in [0.1, 0.15) is 44.4 Å². The molecule has 1 heterocycles. The second-order valence-corrected chi connectivity index (χ2v) is 5.96. The Morgan fingerprint density at radius 2 is 2.19 bits per heavy atom. The molecule has 0 radical (unpaired) electrons. The lowest BCUT2D eigenvalue weighted by atomic mass is 9.83. The van der Waals surface area contributed by atoms with Crippen LogP contribution in [0.5, 0.6) is 0 Å². The molecule has 0 spiro atoms. The Morgan fingerprint density at radius 1 is 1.33 bits per heavy atom. The molecule has 1 saturated carbocycles. The summed E-state index contributed by atoms with van der Waals surface area (Å²) in [5.41, 5.74) is 0.949. The summed E-state index contributed by atoms with van der Waals surface area (Å²) >= 11 is 0. The highest BCUT2D eigenvalue weighted by molar-refractivity contribution is 5.77. The van der Waals surface area contributed by atoms with Crippen LogP contribution in [-0.4, -0.2) is 19.8 Å². The molecule has 2 aromatic rings. The standard InChI is InChI=1S/C18H25NO2/c1-2-19-16(13-20-11-10-14-6-5-7-14)18-12-15-8-3-4-9-17(15)21-18/h3-4,8-9,12,14,16,19H,2,5-7,10-11,13H2,1H3. The van der Waals surface area contributed by atoms with Gasteiger partial charge in [0.2, 0.25) is 0 Å². The van der Waals surface area contributed by atoms with E-state index in [9.17, 15) is 0 Å². The first kappa shape index (κ1) is 14.6. The molecule has 1 atom stereocenters. The molecule has 21 heavy (non-hydrogen) atoms. The van der Waals surface area contributed by atoms with Gasteiger partial charge in [0, 0.05) is 12.0 Å². The molecule has 1 N–H and O–H groups in total. The Hall–Kier alpha value is -1.32. The molecule has 3 rings (SSSR count). The third-order valence-corrected chi connectivity index (χ3v) is 4.42. The van der Waals surface area contributed by atoms with Crippen LogP contribution in [0.25, 0.3) is 11.0 Å². The van der Waals surface area contributed by atoms with Gasteiger partial charge in [-0.1, -0.05) is 44.4 Å². The monoisotopic (exact) mass is 287 g/mol. The quantitative estimate of drug-likeness (QED) is 0.735. The Balaban J connectivity index is 1.57. The smallest absolute Gasteiger partial charge is 0.134 e. The molecule has 0 bridgehead atoms. The minimum Gasteiger partial charge on any atom is -0.459 e. The largest absolute Gasteiger partial charge is 0.459 e. The molecule has 1 aromatic carbocycles. The minimum absolute atomic E-state index is 0.142. The summed E-state index contributed by atoms with van der Waals surface area (Å²) in [6.45, 7) is 4.57. The molecule has 0 amide bonds. The number of rotatable bonds is 8. The summed E-state index contributed by atoms with van der Waals surface area (Å²) in [7, 11) is 0. The van der Waals surface area contributed by atoms with Crippen LogP contribution < -0.4 is 5.32 Å². The average Bonchev–Trinajstić information content (AvgIpc) is 2.87. The lowest BCUT2D eigenvalue weighted by Gasteiger charge is -2.25. The molecule has 1 fully saturated rings. The van der Waals surface area contributed by atoms with E-state index in [1.54, 1.807) is 0 Å². The first-order valence-electron chi connectivity index (χ1n) is 8.16. The van der Waals surface area contributed by atoms with Gasteiger partial charge in [0.1, 0.15) is 11.3 Å². The fourth-order valence-electron chi connectivity index (χ4n) is 2.89. The van der Waals surface area contributed by atoms with E-state index in [2.05, 4.69) is 24.4 Å². The normalized spacial score (nSPS) is 17.0. The van der Waals surface area contributed by atoms with E-state index in [4.69, 9.17) is 9.15 Å². The van der Waals surface area contributed by atoms with Crippen molar-refractivity contribution in [3.63, 3.8) is 0 Å². The third kappa shape index (κ3) is 3.66. The van der Waals surface area contributed by atoms with Gasteiger partial charge in [0.15, 0.2) is 0 Å². The molecule has 1 unspecified atom stereocenters. The van der Waals surface area contributed by atoms with E-state index in [1.165, 1.54) is 25.7 Å². The van der Waals surface area contributed by atoms with Gasteiger partial charge in [-0.05, 0) is 31.0 Å². The number of benzene rings is 1. The van der Waals surface area contributed by atoms with Gasteiger partial charge in [-0.2, -0.15) is 0 Å². The summed E-state index contributed by atoms with van der Waals surface area (Å²) in [5.74, 6) is 1.88. The van der Waals surface area contributed by atoms with E-state index < -0.39 is 0 Å². The second-order valence-electron chi connectivity index (χ2n) is 5.96. The van der Waals surface area contributed by atoms with E-state index in [1.807, 2.05) is 18.2 Å². The van der Waals surface area contributed by atoms with Crippen molar-refractivity contribution in [3.8, 4) is 0 Å². The minimum atomic E-state index is 0.142. The number of ether oxygens (including phenoxy) is 1. The first-order valence-corrected chi connectivity index (χ1v) is 8.16. The second kappa shape index (κ2) is 7.10. The topological polar surface area (TPSA) is 34.4 Å².